The Balaban J connectivity index is 1.55. The number of esters is 1. The molecular weight excluding hydrogens is 428 g/mol. The molecule has 0 spiro atoms. The minimum Gasteiger partial charge on any atom is -0.454 e. The van der Waals surface area contributed by atoms with E-state index in [-0.39, 0.29) is 11.1 Å². The van der Waals surface area contributed by atoms with Crippen molar-refractivity contribution in [1.82, 2.24) is 4.90 Å². The smallest absolute Gasteiger partial charge is 0.326 e. The molecule has 3 rings (SSSR count). The fraction of sp³-hybridized carbons (Fsp3) is 0.200. The van der Waals surface area contributed by atoms with E-state index in [1.165, 1.54) is 12.1 Å². The monoisotopic (exact) mass is 444 g/mol. The number of carbonyl (C=O) groups is 4. The minimum atomic E-state index is -0.839. The van der Waals surface area contributed by atoms with Crippen LogP contribution in [-0.2, 0) is 14.3 Å². The van der Waals surface area contributed by atoms with Crippen LogP contribution in [0.2, 0.25) is 0 Å². The zero-order chi connectivity index (χ0) is 20.4. The lowest BCUT2D eigenvalue weighted by Crippen LogP contribution is -2.36. The second kappa shape index (κ2) is 7.93. The van der Waals surface area contributed by atoms with E-state index >= 15 is 0 Å². The third kappa shape index (κ3) is 3.82. The van der Waals surface area contributed by atoms with Gasteiger partial charge in [-0.15, -0.1) is 0 Å². The molecule has 7 nitrogen and oxygen atoms in total. The Morgan fingerprint density at radius 2 is 1.61 bits per heavy atom. The molecule has 0 unspecified atom stereocenters. The molecule has 0 radical (unpaired) electrons. The Morgan fingerprint density at radius 1 is 1.00 bits per heavy atom. The van der Waals surface area contributed by atoms with Crippen LogP contribution in [0.4, 0.5) is 5.69 Å². The predicted molar refractivity (Wildman–Crippen MR) is 105 cm³/mol. The topological polar surface area (TPSA) is 92.8 Å². The standard InChI is InChI=1S/C20H17BrN2O5/c1-11-12(2)16(8-7-15(11)21)22-17(24)10-28-18(25)9-23-19(26)13-5-3-4-6-14(13)20(23)27/h3-8H,9-10H2,1-2H3,(H,22,24). The van der Waals surface area contributed by atoms with E-state index in [0.717, 1.165) is 20.5 Å². The van der Waals surface area contributed by atoms with E-state index in [1.807, 2.05) is 19.9 Å². The minimum absolute atomic E-state index is 0.249. The Hall–Kier alpha value is -3.00. The summed E-state index contributed by atoms with van der Waals surface area (Å²) in [6.07, 6.45) is 0. The fourth-order valence-corrected chi connectivity index (χ4v) is 3.24. The van der Waals surface area contributed by atoms with Crippen LogP contribution in [-0.4, -0.2) is 41.7 Å². The first-order valence-electron chi connectivity index (χ1n) is 8.46. The van der Waals surface area contributed by atoms with Crippen molar-refractivity contribution in [1.29, 1.82) is 0 Å². The predicted octanol–water partition coefficient (Wildman–Crippen LogP) is 2.84. The second-order valence-corrected chi connectivity index (χ2v) is 7.15. The normalized spacial score (nSPS) is 12.8. The van der Waals surface area contributed by atoms with Crippen molar-refractivity contribution in [3.8, 4) is 0 Å². The highest BCUT2D eigenvalue weighted by Gasteiger charge is 2.36. The molecule has 0 saturated carbocycles. The molecule has 1 aliphatic heterocycles. The van der Waals surface area contributed by atoms with Gasteiger partial charge in [-0.25, -0.2) is 0 Å². The molecule has 1 aliphatic rings. The van der Waals surface area contributed by atoms with E-state index in [9.17, 15) is 19.2 Å². The molecule has 28 heavy (non-hydrogen) atoms. The van der Waals surface area contributed by atoms with Crippen molar-refractivity contribution in [3.63, 3.8) is 0 Å². The van der Waals surface area contributed by atoms with Crippen molar-refractivity contribution in [2.24, 2.45) is 0 Å². The van der Waals surface area contributed by atoms with E-state index in [2.05, 4.69) is 21.2 Å². The van der Waals surface area contributed by atoms with Gasteiger partial charge in [0.2, 0.25) is 0 Å². The summed E-state index contributed by atoms with van der Waals surface area (Å²) in [6.45, 7) is 2.72. The lowest BCUT2D eigenvalue weighted by Gasteiger charge is -2.14. The molecule has 1 N–H and O–H groups in total. The van der Waals surface area contributed by atoms with E-state index in [0.29, 0.717) is 5.69 Å². The molecular formula is C20H17BrN2O5. The summed E-state index contributed by atoms with van der Waals surface area (Å²) in [5.41, 5.74) is 2.99. The summed E-state index contributed by atoms with van der Waals surface area (Å²) in [5.74, 6) is -2.46. The Morgan fingerprint density at radius 3 is 2.21 bits per heavy atom. The van der Waals surface area contributed by atoms with Crippen LogP contribution in [0.5, 0.6) is 0 Å². The first kappa shape index (κ1) is 19.8. The highest BCUT2D eigenvalue weighted by atomic mass is 79.9. The number of amides is 3. The van der Waals surface area contributed by atoms with Gasteiger partial charge in [0, 0.05) is 10.2 Å². The van der Waals surface area contributed by atoms with Crippen molar-refractivity contribution in [3.05, 3.63) is 63.1 Å². The number of rotatable bonds is 5. The van der Waals surface area contributed by atoms with Gasteiger partial charge in [-0.05, 0) is 49.2 Å². The molecule has 0 bridgehead atoms. The molecule has 144 valence electrons. The van der Waals surface area contributed by atoms with Gasteiger partial charge in [0.1, 0.15) is 6.54 Å². The molecule has 0 aromatic heterocycles. The number of fused-ring (bicyclic) bond motifs is 1. The third-order valence-electron chi connectivity index (χ3n) is 4.52. The SMILES string of the molecule is Cc1c(Br)ccc(NC(=O)COC(=O)CN2C(=O)c3ccccc3C2=O)c1C. The number of imide groups is 1. The van der Waals surface area contributed by atoms with E-state index < -0.39 is 36.8 Å². The first-order chi connectivity index (χ1) is 13.3. The van der Waals surface area contributed by atoms with Crippen LogP contribution < -0.4 is 5.32 Å². The van der Waals surface area contributed by atoms with Crippen LogP contribution in [0.3, 0.4) is 0 Å². The maximum Gasteiger partial charge on any atom is 0.326 e. The maximum atomic E-state index is 12.2. The number of nitrogens with one attached hydrogen (secondary N) is 1. The summed E-state index contributed by atoms with van der Waals surface area (Å²) in [6, 6.07) is 9.88. The summed E-state index contributed by atoms with van der Waals surface area (Å²) in [7, 11) is 0. The maximum absolute atomic E-state index is 12.2. The molecule has 2 aromatic rings. The average Bonchev–Trinajstić information content (AvgIpc) is 2.92. The second-order valence-electron chi connectivity index (χ2n) is 6.30. The molecule has 0 fully saturated rings. The van der Waals surface area contributed by atoms with Gasteiger partial charge in [0.25, 0.3) is 17.7 Å². The van der Waals surface area contributed by atoms with Crippen molar-refractivity contribution < 1.29 is 23.9 Å². The summed E-state index contributed by atoms with van der Waals surface area (Å²) in [4.78, 5) is 49.4. The number of hydrogen-bond acceptors (Lipinski definition) is 5. The summed E-state index contributed by atoms with van der Waals surface area (Å²) in [5, 5.41) is 2.67. The third-order valence-corrected chi connectivity index (χ3v) is 5.38. The van der Waals surface area contributed by atoms with Gasteiger partial charge in [0.05, 0.1) is 11.1 Å². The Bertz CT molecular complexity index is 967. The molecule has 8 heteroatoms. The molecule has 1 heterocycles. The van der Waals surface area contributed by atoms with Crippen molar-refractivity contribution >= 4 is 45.3 Å². The average molecular weight is 445 g/mol. The number of halogens is 1. The summed E-state index contributed by atoms with van der Waals surface area (Å²) >= 11 is 3.42. The fourth-order valence-electron chi connectivity index (χ4n) is 2.81. The first-order valence-corrected chi connectivity index (χ1v) is 9.25. The largest absolute Gasteiger partial charge is 0.454 e. The quantitative estimate of drug-likeness (QED) is 0.565. The number of carbonyl (C=O) groups excluding carboxylic acids is 4. The lowest BCUT2D eigenvalue weighted by molar-refractivity contribution is -0.147. The van der Waals surface area contributed by atoms with Crippen LogP contribution >= 0.6 is 15.9 Å². The molecule has 0 saturated heterocycles. The van der Waals surface area contributed by atoms with Crippen LogP contribution in [0.15, 0.2) is 40.9 Å². The number of hydrogen-bond donors (Lipinski definition) is 1. The van der Waals surface area contributed by atoms with E-state index in [4.69, 9.17) is 4.74 Å². The zero-order valence-electron chi connectivity index (χ0n) is 15.2. The van der Waals surface area contributed by atoms with Gasteiger partial charge in [-0.3, -0.25) is 24.1 Å². The van der Waals surface area contributed by atoms with Crippen LogP contribution in [0.1, 0.15) is 31.8 Å². The molecule has 3 amide bonds. The van der Waals surface area contributed by atoms with Crippen LogP contribution in [0, 0.1) is 13.8 Å². The summed E-state index contributed by atoms with van der Waals surface area (Å²) < 4.78 is 5.85. The highest BCUT2D eigenvalue weighted by Crippen LogP contribution is 2.26. The number of anilines is 1. The van der Waals surface area contributed by atoms with Crippen molar-refractivity contribution in [2.75, 3.05) is 18.5 Å². The van der Waals surface area contributed by atoms with Crippen LogP contribution in [0.25, 0.3) is 0 Å². The highest BCUT2D eigenvalue weighted by molar-refractivity contribution is 9.10. The van der Waals surface area contributed by atoms with Gasteiger partial charge in [0.15, 0.2) is 6.61 Å². The molecule has 2 aromatic carbocycles. The number of nitrogens with zero attached hydrogens (tertiary/aromatic N) is 1. The van der Waals surface area contributed by atoms with Gasteiger partial charge in [-0.1, -0.05) is 28.1 Å². The van der Waals surface area contributed by atoms with Gasteiger partial charge in [-0.2, -0.15) is 0 Å². The van der Waals surface area contributed by atoms with Gasteiger partial charge >= 0.3 is 5.97 Å². The van der Waals surface area contributed by atoms with Crippen molar-refractivity contribution in [2.45, 2.75) is 13.8 Å². The lowest BCUT2D eigenvalue weighted by atomic mass is 10.1. The molecule has 0 atom stereocenters. The zero-order valence-corrected chi connectivity index (χ0v) is 16.8. The number of ether oxygens (including phenoxy) is 1. The van der Waals surface area contributed by atoms with Gasteiger partial charge < -0.3 is 10.1 Å². The Kier molecular flexibility index (Phi) is 5.60. The number of benzene rings is 2. The Labute approximate surface area is 169 Å². The molecule has 0 aliphatic carbocycles. The van der Waals surface area contributed by atoms with E-state index in [1.54, 1.807) is 18.2 Å².